The minimum Gasteiger partial charge on any atom is -0.431 e. The number of carbonyl (C=O) groups excluding carboxylic acids is 2. The van der Waals surface area contributed by atoms with Crippen LogP contribution in [0.25, 0.3) is 0 Å². The summed E-state index contributed by atoms with van der Waals surface area (Å²) in [6.45, 7) is 2.07. The monoisotopic (exact) mass is 347 g/mol. The Balaban J connectivity index is 1.35. The Kier molecular flexibility index (Phi) is 4.07. The average Bonchev–Trinajstić information content (AvgIpc) is 3.20. The van der Waals surface area contributed by atoms with Gasteiger partial charge in [-0.1, -0.05) is 0 Å². The van der Waals surface area contributed by atoms with Crippen LogP contribution in [0.5, 0.6) is 0 Å². The fourth-order valence-corrected chi connectivity index (χ4v) is 3.70. The quantitative estimate of drug-likeness (QED) is 0.911. The molecule has 2 aliphatic heterocycles. The smallest absolute Gasteiger partial charge is 0.302 e. The topological polar surface area (TPSA) is 84.7 Å². The number of anilines is 1. The molecule has 7 nitrogen and oxygen atoms in total. The van der Waals surface area contributed by atoms with Crippen molar-refractivity contribution in [2.24, 2.45) is 5.92 Å². The van der Waals surface area contributed by atoms with Crippen molar-refractivity contribution in [3.63, 3.8) is 0 Å². The number of oxazole rings is 1. The third-order valence-corrected chi connectivity index (χ3v) is 5.12. The summed E-state index contributed by atoms with van der Waals surface area (Å²) in [6, 6.07) is 1.95. The Morgan fingerprint density at radius 1 is 1.46 bits per heavy atom. The number of aromatic nitrogens is 1. The molecule has 1 N–H and O–H groups in total. The van der Waals surface area contributed by atoms with Gasteiger partial charge in [0.2, 0.25) is 5.91 Å². The number of ether oxygens (including phenoxy) is 1. The number of hydrogen-bond donors (Lipinski definition) is 1. The summed E-state index contributed by atoms with van der Waals surface area (Å²) < 4.78 is 10.7. The van der Waals surface area contributed by atoms with E-state index in [1.54, 1.807) is 4.90 Å². The third-order valence-electron chi connectivity index (χ3n) is 4.39. The van der Waals surface area contributed by atoms with E-state index in [-0.39, 0.29) is 29.9 Å². The molecule has 4 heterocycles. The third kappa shape index (κ3) is 3.07. The van der Waals surface area contributed by atoms with Crippen molar-refractivity contribution in [1.29, 1.82) is 0 Å². The van der Waals surface area contributed by atoms with Gasteiger partial charge in [-0.05, 0) is 28.8 Å². The molecule has 2 aromatic rings. The van der Waals surface area contributed by atoms with Crippen molar-refractivity contribution >= 4 is 29.2 Å². The highest BCUT2D eigenvalue weighted by Crippen LogP contribution is 2.29. The number of nitrogens with one attached hydrogen (secondary N) is 1. The zero-order valence-electron chi connectivity index (χ0n) is 12.9. The largest absolute Gasteiger partial charge is 0.431 e. The lowest BCUT2D eigenvalue weighted by Crippen LogP contribution is -2.54. The highest BCUT2D eigenvalue weighted by Gasteiger charge is 2.39. The SMILES string of the molecule is O=C(Cc1ccsc1)Nc1nc(C(=O)N2CCC3OCC3C2)co1. The summed E-state index contributed by atoms with van der Waals surface area (Å²) in [5.41, 5.74) is 1.16. The molecule has 2 unspecified atom stereocenters. The Hall–Kier alpha value is -2.19. The molecule has 0 aliphatic carbocycles. The molecule has 126 valence electrons. The van der Waals surface area contributed by atoms with E-state index in [4.69, 9.17) is 9.15 Å². The van der Waals surface area contributed by atoms with Gasteiger partial charge < -0.3 is 14.1 Å². The Bertz CT molecular complexity index is 742. The van der Waals surface area contributed by atoms with Crippen LogP contribution < -0.4 is 5.32 Å². The summed E-state index contributed by atoms with van der Waals surface area (Å²) in [4.78, 5) is 30.3. The highest BCUT2D eigenvalue weighted by atomic mass is 32.1. The zero-order valence-corrected chi connectivity index (χ0v) is 13.8. The van der Waals surface area contributed by atoms with Crippen LogP contribution in [0.1, 0.15) is 22.5 Å². The second-order valence-electron chi connectivity index (χ2n) is 6.07. The number of piperidine rings is 1. The fourth-order valence-electron chi connectivity index (χ4n) is 3.03. The van der Waals surface area contributed by atoms with Gasteiger partial charge in [-0.3, -0.25) is 14.9 Å². The number of fused-ring (bicyclic) bond motifs is 1. The molecule has 2 fully saturated rings. The maximum Gasteiger partial charge on any atom is 0.302 e. The second kappa shape index (κ2) is 6.37. The van der Waals surface area contributed by atoms with Crippen LogP contribution in [0.2, 0.25) is 0 Å². The molecule has 0 bridgehead atoms. The number of amides is 2. The van der Waals surface area contributed by atoms with Crippen LogP contribution in [-0.2, 0) is 16.0 Å². The van der Waals surface area contributed by atoms with E-state index < -0.39 is 0 Å². The van der Waals surface area contributed by atoms with Gasteiger partial charge in [-0.2, -0.15) is 16.3 Å². The minimum absolute atomic E-state index is 0.0560. The lowest BCUT2D eigenvalue weighted by molar-refractivity contribution is -0.142. The van der Waals surface area contributed by atoms with Crippen molar-refractivity contribution in [1.82, 2.24) is 9.88 Å². The van der Waals surface area contributed by atoms with Crippen LogP contribution >= 0.6 is 11.3 Å². The van der Waals surface area contributed by atoms with E-state index in [0.717, 1.165) is 18.6 Å². The second-order valence-corrected chi connectivity index (χ2v) is 6.85. The van der Waals surface area contributed by atoms with Gasteiger partial charge >= 0.3 is 6.01 Å². The Labute approximate surface area is 142 Å². The van der Waals surface area contributed by atoms with Crippen molar-refractivity contribution < 1.29 is 18.7 Å². The van der Waals surface area contributed by atoms with E-state index in [2.05, 4.69) is 10.3 Å². The standard InChI is InChI=1S/C16H17N3O4S/c20-14(5-10-2-4-24-9-10)18-16-17-12(8-23-16)15(21)19-3-1-13-11(6-19)7-22-13/h2,4,8-9,11,13H,1,3,5-7H2,(H,17,18,20). The fraction of sp³-hybridized carbons (Fsp3) is 0.438. The van der Waals surface area contributed by atoms with Gasteiger partial charge in [0.05, 0.1) is 19.1 Å². The lowest BCUT2D eigenvalue weighted by Gasteiger charge is -2.44. The summed E-state index contributed by atoms with van der Waals surface area (Å²) in [5, 5.41) is 6.41. The van der Waals surface area contributed by atoms with Crippen molar-refractivity contribution in [3.05, 3.63) is 34.3 Å². The number of thiophene rings is 1. The molecule has 8 heteroatoms. The minimum atomic E-state index is -0.221. The predicted molar refractivity (Wildman–Crippen MR) is 86.9 cm³/mol. The van der Waals surface area contributed by atoms with Crippen molar-refractivity contribution in [2.75, 3.05) is 25.0 Å². The number of nitrogens with zero attached hydrogens (tertiary/aromatic N) is 2. The number of carbonyl (C=O) groups is 2. The summed E-state index contributed by atoms with van der Waals surface area (Å²) in [7, 11) is 0. The molecule has 4 rings (SSSR count). The highest BCUT2D eigenvalue weighted by molar-refractivity contribution is 7.08. The zero-order chi connectivity index (χ0) is 16.5. The maximum atomic E-state index is 12.5. The molecule has 2 saturated heterocycles. The van der Waals surface area contributed by atoms with Gasteiger partial charge in [0.25, 0.3) is 5.91 Å². The molecule has 0 radical (unpaired) electrons. The molecule has 2 aromatic heterocycles. The van der Waals surface area contributed by atoms with E-state index >= 15 is 0 Å². The van der Waals surface area contributed by atoms with E-state index in [0.29, 0.717) is 25.1 Å². The summed E-state index contributed by atoms with van der Waals surface area (Å²) in [6.07, 6.45) is 2.72. The molecule has 2 aliphatic rings. The van der Waals surface area contributed by atoms with Crippen molar-refractivity contribution in [2.45, 2.75) is 18.9 Å². The molecule has 0 aromatic carbocycles. The van der Waals surface area contributed by atoms with Gasteiger partial charge in [0, 0.05) is 19.0 Å². The maximum absolute atomic E-state index is 12.5. The van der Waals surface area contributed by atoms with Gasteiger partial charge in [0.15, 0.2) is 5.69 Å². The van der Waals surface area contributed by atoms with Crippen LogP contribution in [0.4, 0.5) is 6.01 Å². The summed E-state index contributed by atoms with van der Waals surface area (Å²) in [5.74, 6) is 0.0449. The molecule has 24 heavy (non-hydrogen) atoms. The molecule has 2 atom stereocenters. The first kappa shape index (κ1) is 15.3. The molecule has 0 saturated carbocycles. The van der Waals surface area contributed by atoms with Crippen LogP contribution in [0.3, 0.4) is 0 Å². The number of rotatable bonds is 4. The average molecular weight is 347 g/mol. The first-order valence-electron chi connectivity index (χ1n) is 7.86. The first-order valence-corrected chi connectivity index (χ1v) is 8.80. The molecule has 2 amide bonds. The first-order chi connectivity index (χ1) is 11.7. The molecule has 0 spiro atoms. The lowest BCUT2D eigenvalue weighted by atomic mass is 9.90. The van der Waals surface area contributed by atoms with Crippen LogP contribution in [-0.4, -0.2) is 47.5 Å². The Morgan fingerprint density at radius 3 is 3.08 bits per heavy atom. The van der Waals surface area contributed by atoms with Crippen molar-refractivity contribution in [3.8, 4) is 0 Å². The Morgan fingerprint density at radius 2 is 2.38 bits per heavy atom. The normalized spacial score (nSPS) is 22.6. The van der Waals surface area contributed by atoms with E-state index in [9.17, 15) is 9.59 Å². The van der Waals surface area contributed by atoms with Crippen LogP contribution in [0.15, 0.2) is 27.5 Å². The van der Waals surface area contributed by atoms with Crippen LogP contribution in [0, 0.1) is 5.92 Å². The number of hydrogen-bond acceptors (Lipinski definition) is 6. The van der Waals surface area contributed by atoms with Gasteiger partial charge in [0.1, 0.15) is 6.26 Å². The predicted octanol–water partition coefficient (Wildman–Crippen LogP) is 1.78. The van der Waals surface area contributed by atoms with E-state index in [1.165, 1.54) is 17.6 Å². The number of likely N-dealkylation sites (tertiary alicyclic amines) is 1. The molecular weight excluding hydrogens is 330 g/mol. The summed E-state index contributed by atoms with van der Waals surface area (Å²) >= 11 is 1.54. The van der Waals surface area contributed by atoms with Gasteiger partial charge in [-0.25, -0.2) is 0 Å². The van der Waals surface area contributed by atoms with E-state index in [1.807, 2.05) is 16.8 Å². The van der Waals surface area contributed by atoms with Gasteiger partial charge in [-0.15, -0.1) is 0 Å². The molecular formula is C16H17N3O4S.